The van der Waals surface area contributed by atoms with Crippen molar-refractivity contribution >= 4 is 23.3 Å². The number of esters is 1. The van der Waals surface area contributed by atoms with Gasteiger partial charge in [0.25, 0.3) is 11.6 Å². The van der Waals surface area contributed by atoms with Crippen molar-refractivity contribution in [1.29, 1.82) is 0 Å². The number of hydrogen-bond acceptors (Lipinski definition) is 6. The van der Waals surface area contributed by atoms with Gasteiger partial charge < -0.3 is 14.8 Å². The normalized spacial score (nSPS) is 10.1. The van der Waals surface area contributed by atoms with Gasteiger partial charge >= 0.3 is 5.97 Å². The van der Waals surface area contributed by atoms with Crippen molar-refractivity contribution in [3.63, 3.8) is 0 Å². The molecule has 2 aromatic carbocycles. The van der Waals surface area contributed by atoms with Gasteiger partial charge in [-0.3, -0.25) is 14.9 Å². The van der Waals surface area contributed by atoms with Crippen molar-refractivity contribution < 1.29 is 24.0 Å². The molecule has 2 aromatic rings. The highest BCUT2D eigenvalue weighted by molar-refractivity contribution is 5.97. The average molecular weight is 372 g/mol. The molecule has 8 heteroatoms. The minimum absolute atomic E-state index is 0.0842. The summed E-state index contributed by atoms with van der Waals surface area (Å²) in [5.74, 6) is -0.701. The summed E-state index contributed by atoms with van der Waals surface area (Å²) in [4.78, 5) is 34.5. The number of nitro benzene ring substituents is 1. The number of ether oxygens (including phenoxy) is 2. The first-order valence-corrected chi connectivity index (χ1v) is 8.36. The molecule has 8 nitrogen and oxygen atoms in total. The number of hydrogen-bond donors (Lipinski definition) is 1. The monoisotopic (exact) mass is 372 g/mol. The molecule has 0 bridgehead atoms. The molecular weight excluding hydrogens is 352 g/mol. The lowest BCUT2D eigenvalue weighted by atomic mass is 10.1. The van der Waals surface area contributed by atoms with E-state index in [1.165, 1.54) is 24.3 Å². The highest BCUT2D eigenvalue weighted by atomic mass is 16.6. The molecule has 0 aliphatic rings. The van der Waals surface area contributed by atoms with Crippen LogP contribution >= 0.6 is 0 Å². The van der Waals surface area contributed by atoms with Gasteiger partial charge in [0.1, 0.15) is 11.4 Å². The predicted octanol–water partition coefficient (Wildman–Crippen LogP) is 3.49. The van der Waals surface area contributed by atoms with Crippen LogP contribution in [0.25, 0.3) is 0 Å². The van der Waals surface area contributed by atoms with Crippen molar-refractivity contribution in [3.05, 3.63) is 63.7 Å². The lowest BCUT2D eigenvalue weighted by Gasteiger charge is -2.10. The second kappa shape index (κ2) is 9.33. The molecular formula is C19H20N2O6. The Morgan fingerprint density at radius 2 is 1.85 bits per heavy atom. The zero-order valence-electron chi connectivity index (χ0n) is 15.1. The molecule has 2 rings (SSSR count). The SMILES string of the molecule is CCCOc1ccc(C(=O)OCC(=O)Nc2c(C)cccc2[N+](=O)[O-])cc1. The molecule has 0 saturated carbocycles. The summed E-state index contributed by atoms with van der Waals surface area (Å²) in [6.45, 7) is 3.65. The average Bonchev–Trinajstić information content (AvgIpc) is 2.66. The number of para-hydroxylation sites is 1. The van der Waals surface area contributed by atoms with E-state index in [1.54, 1.807) is 25.1 Å². The highest BCUT2D eigenvalue weighted by Gasteiger charge is 2.18. The first-order valence-electron chi connectivity index (χ1n) is 8.36. The maximum Gasteiger partial charge on any atom is 0.338 e. The van der Waals surface area contributed by atoms with Gasteiger partial charge in [-0.1, -0.05) is 19.1 Å². The van der Waals surface area contributed by atoms with Crippen molar-refractivity contribution in [1.82, 2.24) is 0 Å². The van der Waals surface area contributed by atoms with Crippen molar-refractivity contribution in [3.8, 4) is 5.75 Å². The fourth-order valence-corrected chi connectivity index (χ4v) is 2.26. The number of amides is 1. The van der Waals surface area contributed by atoms with Crippen LogP contribution in [0.15, 0.2) is 42.5 Å². The Morgan fingerprint density at radius 3 is 2.48 bits per heavy atom. The molecule has 27 heavy (non-hydrogen) atoms. The lowest BCUT2D eigenvalue weighted by molar-refractivity contribution is -0.384. The van der Waals surface area contributed by atoms with Gasteiger partial charge in [-0.05, 0) is 43.2 Å². The summed E-state index contributed by atoms with van der Waals surface area (Å²) >= 11 is 0. The summed E-state index contributed by atoms with van der Waals surface area (Å²) in [5, 5.41) is 13.5. The first kappa shape index (κ1) is 19.9. The number of carbonyl (C=O) groups is 2. The molecule has 0 heterocycles. The van der Waals surface area contributed by atoms with E-state index >= 15 is 0 Å². The minimum atomic E-state index is -0.675. The van der Waals surface area contributed by atoms with Crippen LogP contribution in [-0.2, 0) is 9.53 Å². The summed E-state index contributed by atoms with van der Waals surface area (Å²) < 4.78 is 10.4. The molecule has 1 amide bonds. The molecule has 0 fully saturated rings. The Bertz CT molecular complexity index is 833. The fourth-order valence-electron chi connectivity index (χ4n) is 2.26. The molecule has 0 radical (unpaired) electrons. The number of anilines is 1. The second-order valence-electron chi connectivity index (χ2n) is 5.72. The van der Waals surface area contributed by atoms with Crippen LogP contribution in [0.5, 0.6) is 5.75 Å². The zero-order valence-corrected chi connectivity index (χ0v) is 15.1. The Morgan fingerprint density at radius 1 is 1.15 bits per heavy atom. The topological polar surface area (TPSA) is 108 Å². The minimum Gasteiger partial charge on any atom is -0.494 e. The van der Waals surface area contributed by atoms with Crippen molar-refractivity contribution in [2.45, 2.75) is 20.3 Å². The molecule has 0 spiro atoms. The van der Waals surface area contributed by atoms with Crippen LogP contribution in [0.3, 0.4) is 0 Å². The molecule has 142 valence electrons. The van der Waals surface area contributed by atoms with Gasteiger partial charge in [0.15, 0.2) is 6.61 Å². The van der Waals surface area contributed by atoms with E-state index in [-0.39, 0.29) is 16.9 Å². The van der Waals surface area contributed by atoms with Crippen LogP contribution in [0.1, 0.15) is 29.3 Å². The van der Waals surface area contributed by atoms with Gasteiger partial charge in [0.05, 0.1) is 17.1 Å². The molecule has 1 N–H and O–H groups in total. The number of carbonyl (C=O) groups excluding carboxylic acids is 2. The number of nitro groups is 1. The van der Waals surface area contributed by atoms with E-state index in [0.717, 1.165) is 6.42 Å². The molecule has 0 atom stereocenters. The first-order chi connectivity index (χ1) is 12.9. The lowest BCUT2D eigenvalue weighted by Crippen LogP contribution is -2.22. The third-order valence-electron chi connectivity index (χ3n) is 3.61. The predicted molar refractivity (Wildman–Crippen MR) is 99.0 cm³/mol. The van der Waals surface area contributed by atoms with Crippen LogP contribution in [0, 0.1) is 17.0 Å². The zero-order chi connectivity index (χ0) is 19.8. The van der Waals surface area contributed by atoms with E-state index in [1.807, 2.05) is 6.92 Å². The van der Waals surface area contributed by atoms with Crippen LogP contribution in [-0.4, -0.2) is 30.0 Å². The number of nitrogens with one attached hydrogen (secondary N) is 1. The Hall–Kier alpha value is -3.42. The smallest absolute Gasteiger partial charge is 0.338 e. The summed E-state index contributed by atoms with van der Waals surface area (Å²) in [7, 11) is 0. The van der Waals surface area contributed by atoms with Gasteiger partial charge in [-0.25, -0.2) is 4.79 Å². The molecule has 0 saturated heterocycles. The number of nitrogens with zero attached hydrogens (tertiary/aromatic N) is 1. The van der Waals surface area contributed by atoms with Gasteiger partial charge in [0, 0.05) is 6.07 Å². The third-order valence-corrected chi connectivity index (χ3v) is 3.61. The number of benzene rings is 2. The molecule has 0 aliphatic carbocycles. The van der Waals surface area contributed by atoms with E-state index in [2.05, 4.69) is 5.32 Å². The standard InChI is InChI=1S/C19H20N2O6/c1-3-11-26-15-9-7-14(8-10-15)19(23)27-12-17(22)20-18-13(2)5-4-6-16(18)21(24)25/h4-10H,3,11-12H2,1-2H3,(H,20,22). The fraction of sp³-hybridized carbons (Fsp3) is 0.263. The van der Waals surface area contributed by atoms with E-state index < -0.39 is 23.4 Å². The Kier molecular flexibility index (Phi) is 6.87. The van der Waals surface area contributed by atoms with Crippen molar-refractivity contribution in [2.75, 3.05) is 18.5 Å². The van der Waals surface area contributed by atoms with Crippen LogP contribution in [0.2, 0.25) is 0 Å². The van der Waals surface area contributed by atoms with Crippen LogP contribution < -0.4 is 10.1 Å². The summed E-state index contributed by atoms with van der Waals surface area (Å²) in [5.41, 5.74) is 0.665. The Labute approximate surface area is 156 Å². The number of aryl methyl sites for hydroxylation is 1. The van der Waals surface area contributed by atoms with Gasteiger partial charge in [0.2, 0.25) is 0 Å². The van der Waals surface area contributed by atoms with Crippen LogP contribution in [0.4, 0.5) is 11.4 Å². The summed E-state index contributed by atoms with van der Waals surface area (Å²) in [6, 6.07) is 10.8. The molecule has 0 aliphatic heterocycles. The maximum absolute atomic E-state index is 12.0. The van der Waals surface area contributed by atoms with Crippen molar-refractivity contribution in [2.24, 2.45) is 0 Å². The number of rotatable bonds is 8. The van der Waals surface area contributed by atoms with E-state index in [4.69, 9.17) is 9.47 Å². The molecule has 0 unspecified atom stereocenters. The second-order valence-corrected chi connectivity index (χ2v) is 5.72. The third kappa shape index (κ3) is 5.53. The van der Waals surface area contributed by atoms with Gasteiger partial charge in [-0.15, -0.1) is 0 Å². The van der Waals surface area contributed by atoms with E-state index in [9.17, 15) is 19.7 Å². The van der Waals surface area contributed by atoms with E-state index in [0.29, 0.717) is 17.9 Å². The highest BCUT2D eigenvalue weighted by Crippen LogP contribution is 2.27. The largest absolute Gasteiger partial charge is 0.494 e. The maximum atomic E-state index is 12.0. The Balaban J connectivity index is 1.94. The summed E-state index contributed by atoms with van der Waals surface area (Å²) in [6.07, 6.45) is 0.873. The van der Waals surface area contributed by atoms with Gasteiger partial charge in [-0.2, -0.15) is 0 Å². The quantitative estimate of drug-likeness (QED) is 0.432. The molecule has 0 aromatic heterocycles.